The Balaban J connectivity index is 1.89. The molecule has 5 heteroatoms. The molecule has 21 heavy (non-hydrogen) atoms. The molecule has 0 bridgehead atoms. The third-order valence-electron chi connectivity index (χ3n) is 3.75. The molecular formula is C16H24N2O3. The molecule has 2 N–H and O–H groups in total. The average Bonchev–Trinajstić information content (AvgIpc) is 2.48. The molecule has 1 heterocycles. The molecule has 1 aliphatic heterocycles. The van der Waals surface area contributed by atoms with Crippen molar-refractivity contribution in [1.82, 2.24) is 4.90 Å². The van der Waals surface area contributed by atoms with Gasteiger partial charge in [0, 0.05) is 31.8 Å². The molecule has 0 aliphatic carbocycles. The van der Waals surface area contributed by atoms with Gasteiger partial charge in [-0.3, -0.25) is 0 Å². The number of rotatable bonds is 4. The van der Waals surface area contributed by atoms with Crippen LogP contribution >= 0.6 is 0 Å². The zero-order chi connectivity index (χ0) is 15.2. The maximum atomic E-state index is 12.2. The first-order chi connectivity index (χ1) is 10.1. The summed E-state index contributed by atoms with van der Waals surface area (Å²) in [7, 11) is 1.79. The van der Waals surface area contributed by atoms with Crippen molar-refractivity contribution in [3.63, 3.8) is 0 Å². The topological polar surface area (TPSA) is 61.8 Å². The van der Waals surface area contributed by atoms with E-state index in [1.807, 2.05) is 18.2 Å². The second kappa shape index (κ2) is 7.43. The first-order valence-electron chi connectivity index (χ1n) is 7.44. The Morgan fingerprint density at radius 3 is 3.05 bits per heavy atom. The summed E-state index contributed by atoms with van der Waals surface area (Å²) in [5.74, 6) is 0.415. The summed E-state index contributed by atoms with van der Waals surface area (Å²) >= 11 is 0. The molecule has 1 aromatic carbocycles. The molecule has 1 saturated heterocycles. The van der Waals surface area contributed by atoms with E-state index in [1.54, 1.807) is 24.9 Å². The highest BCUT2D eigenvalue weighted by atomic mass is 16.5. The van der Waals surface area contributed by atoms with Crippen LogP contribution < -0.4 is 5.32 Å². The number of amides is 2. The SMILES string of the molecule is CC(O)c1cccc(NC(=O)N(C)CC2CCCOC2)c1. The van der Waals surface area contributed by atoms with Crippen molar-refractivity contribution in [3.8, 4) is 0 Å². The van der Waals surface area contributed by atoms with Gasteiger partial charge < -0.3 is 20.1 Å². The van der Waals surface area contributed by atoms with E-state index in [0.29, 0.717) is 18.2 Å². The standard InChI is InChI=1S/C16H24N2O3/c1-12(19)14-6-3-7-15(9-14)17-16(20)18(2)10-13-5-4-8-21-11-13/h3,6-7,9,12-13,19H,4-5,8,10-11H2,1-2H3,(H,17,20). The Morgan fingerprint density at radius 1 is 1.57 bits per heavy atom. The predicted octanol–water partition coefficient (Wildman–Crippen LogP) is 2.63. The number of hydrogen-bond acceptors (Lipinski definition) is 3. The van der Waals surface area contributed by atoms with E-state index in [-0.39, 0.29) is 6.03 Å². The average molecular weight is 292 g/mol. The highest BCUT2D eigenvalue weighted by molar-refractivity contribution is 5.89. The van der Waals surface area contributed by atoms with E-state index in [0.717, 1.165) is 31.6 Å². The maximum absolute atomic E-state index is 12.2. The van der Waals surface area contributed by atoms with Gasteiger partial charge >= 0.3 is 6.03 Å². The van der Waals surface area contributed by atoms with E-state index < -0.39 is 6.10 Å². The van der Waals surface area contributed by atoms with E-state index in [1.165, 1.54) is 0 Å². The van der Waals surface area contributed by atoms with Crippen molar-refractivity contribution >= 4 is 11.7 Å². The van der Waals surface area contributed by atoms with Crippen LogP contribution in [0, 0.1) is 5.92 Å². The van der Waals surface area contributed by atoms with Gasteiger partial charge in [0.25, 0.3) is 0 Å². The van der Waals surface area contributed by atoms with Crippen LogP contribution in [0.3, 0.4) is 0 Å². The van der Waals surface area contributed by atoms with Crippen molar-refractivity contribution in [2.75, 3.05) is 32.1 Å². The zero-order valence-electron chi connectivity index (χ0n) is 12.7. The van der Waals surface area contributed by atoms with Gasteiger partial charge in [-0.25, -0.2) is 4.79 Å². The molecule has 2 amide bonds. The van der Waals surface area contributed by atoms with Crippen LogP contribution in [0.5, 0.6) is 0 Å². The molecule has 0 aromatic heterocycles. The lowest BCUT2D eigenvalue weighted by Crippen LogP contribution is -2.37. The highest BCUT2D eigenvalue weighted by Crippen LogP contribution is 2.18. The van der Waals surface area contributed by atoms with E-state index in [2.05, 4.69) is 5.32 Å². The van der Waals surface area contributed by atoms with Gasteiger partial charge in [-0.1, -0.05) is 12.1 Å². The lowest BCUT2D eigenvalue weighted by atomic mass is 10.0. The number of hydrogen-bond donors (Lipinski definition) is 2. The lowest BCUT2D eigenvalue weighted by molar-refractivity contribution is 0.0464. The molecule has 2 unspecified atom stereocenters. The summed E-state index contributed by atoms with van der Waals surface area (Å²) in [6.45, 7) is 3.96. The van der Waals surface area contributed by atoms with Gasteiger partial charge in [-0.2, -0.15) is 0 Å². The van der Waals surface area contributed by atoms with Crippen LogP contribution in [0.4, 0.5) is 10.5 Å². The summed E-state index contributed by atoms with van der Waals surface area (Å²) in [5, 5.41) is 12.4. The third kappa shape index (κ3) is 4.72. The Hall–Kier alpha value is -1.59. The molecule has 1 aliphatic rings. The Kier molecular flexibility index (Phi) is 5.59. The second-order valence-corrected chi connectivity index (χ2v) is 5.70. The Bertz CT molecular complexity index is 470. The molecular weight excluding hydrogens is 268 g/mol. The van der Waals surface area contributed by atoms with Crippen molar-refractivity contribution in [2.24, 2.45) is 5.92 Å². The van der Waals surface area contributed by atoms with Crippen LogP contribution in [0.15, 0.2) is 24.3 Å². The smallest absolute Gasteiger partial charge is 0.321 e. The van der Waals surface area contributed by atoms with Crippen LogP contribution in [-0.2, 0) is 4.74 Å². The Labute approximate surface area is 125 Å². The number of carbonyl (C=O) groups is 1. The van der Waals surface area contributed by atoms with E-state index >= 15 is 0 Å². The molecule has 0 saturated carbocycles. The van der Waals surface area contributed by atoms with E-state index in [9.17, 15) is 9.90 Å². The maximum Gasteiger partial charge on any atom is 0.321 e. The van der Waals surface area contributed by atoms with Crippen LogP contribution in [0.25, 0.3) is 0 Å². The fourth-order valence-electron chi connectivity index (χ4n) is 2.52. The number of anilines is 1. The van der Waals surface area contributed by atoms with Crippen molar-refractivity contribution < 1.29 is 14.6 Å². The first-order valence-corrected chi connectivity index (χ1v) is 7.44. The van der Waals surface area contributed by atoms with Gasteiger partial charge in [0.1, 0.15) is 0 Å². The molecule has 116 valence electrons. The first kappa shape index (κ1) is 15.8. The van der Waals surface area contributed by atoms with Gasteiger partial charge in [0.2, 0.25) is 0 Å². The highest BCUT2D eigenvalue weighted by Gasteiger charge is 2.18. The number of nitrogens with zero attached hydrogens (tertiary/aromatic N) is 1. The fraction of sp³-hybridized carbons (Fsp3) is 0.562. The Morgan fingerprint density at radius 2 is 2.38 bits per heavy atom. The number of aliphatic hydroxyl groups excluding tert-OH is 1. The molecule has 0 radical (unpaired) electrons. The van der Waals surface area contributed by atoms with Gasteiger partial charge in [0.15, 0.2) is 0 Å². The van der Waals surface area contributed by atoms with Gasteiger partial charge in [-0.05, 0) is 37.5 Å². The molecule has 1 aromatic rings. The summed E-state index contributed by atoms with van der Waals surface area (Å²) in [6, 6.07) is 7.14. The minimum atomic E-state index is -0.543. The number of nitrogens with one attached hydrogen (secondary N) is 1. The van der Waals surface area contributed by atoms with Gasteiger partial charge in [-0.15, -0.1) is 0 Å². The fourth-order valence-corrected chi connectivity index (χ4v) is 2.52. The summed E-state index contributed by atoms with van der Waals surface area (Å²) in [5.41, 5.74) is 1.49. The second-order valence-electron chi connectivity index (χ2n) is 5.70. The molecule has 5 nitrogen and oxygen atoms in total. The number of urea groups is 1. The summed E-state index contributed by atoms with van der Waals surface area (Å²) in [4.78, 5) is 13.9. The number of carbonyl (C=O) groups excluding carboxylic acids is 1. The van der Waals surface area contributed by atoms with E-state index in [4.69, 9.17) is 4.74 Å². The zero-order valence-corrected chi connectivity index (χ0v) is 12.7. The molecule has 0 spiro atoms. The summed E-state index contributed by atoms with van der Waals surface area (Å²) in [6.07, 6.45) is 1.63. The van der Waals surface area contributed by atoms with Crippen molar-refractivity contribution in [1.29, 1.82) is 0 Å². The number of ether oxygens (including phenoxy) is 1. The quantitative estimate of drug-likeness (QED) is 0.896. The largest absolute Gasteiger partial charge is 0.389 e. The van der Waals surface area contributed by atoms with Crippen molar-refractivity contribution in [3.05, 3.63) is 29.8 Å². The lowest BCUT2D eigenvalue weighted by Gasteiger charge is -2.27. The summed E-state index contributed by atoms with van der Waals surface area (Å²) < 4.78 is 5.44. The number of aliphatic hydroxyl groups is 1. The predicted molar refractivity (Wildman–Crippen MR) is 82.3 cm³/mol. The van der Waals surface area contributed by atoms with Gasteiger partial charge in [0.05, 0.1) is 12.7 Å². The monoisotopic (exact) mass is 292 g/mol. The number of benzene rings is 1. The minimum absolute atomic E-state index is 0.136. The minimum Gasteiger partial charge on any atom is -0.389 e. The molecule has 2 rings (SSSR count). The third-order valence-corrected chi connectivity index (χ3v) is 3.75. The van der Waals surface area contributed by atoms with Crippen LogP contribution in [0.1, 0.15) is 31.4 Å². The van der Waals surface area contributed by atoms with Crippen LogP contribution in [0.2, 0.25) is 0 Å². The van der Waals surface area contributed by atoms with Crippen LogP contribution in [-0.4, -0.2) is 42.8 Å². The normalized spacial score (nSPS) is 19.9. The molecule has 1 fully saturated rings. The van der Waals surface area contributed by atoms with Crippen molar-refractivity contribution in [2.45, 2.75) is 25.9 Å². The molecule has 2 atom stereocenters.